The van der Waals surface area contributed by atoms with E-state index >= 15 is 0 Å². The summed E-state index contributed by atoms with van der Waals surface area (Å²) < 4.78 is 37.4. The molecule has 0 unspecified atom stereocenters. The number of alkyl halides is 3. The van der Waals surface area contributed by atoms with Gasteiger partial charge in [-0.2, -0.15) is 13.2 Å². The number of amides is 1. The zero-order valence-electron chi connectivity index (χ0n) is 12.5. The normalized spacial score (nSPS) is 13.6. The molecule has 0 bridgehead atoms. The number of halogens is 3. The molecule has 1 rings (SSSR count). The van der Waals surface area contributed by atoms with Crippen molar-refractivity contribution in [2.45, 2.75) is 37.6 Å². The molecular weight excluding hydrogens is 327 g/mol. The number of unbranched alkanes of at least 4 members (excludes halogenated alkanes) is 1. The highest BCUT2D eigenvalue weighted by Gasteiger charge is 2.31. The Hall–Kier alpha value is -2.53. The van der Waals surface area contributed by atoms with Crippen LogP contribution in [0, 0.1) is 12.3 Å². The van der Waals surface area contributed by atoms with Gasteiger partial charge >= 0.3 is 12.1 Å². The third-order valence-corrected chi connectivity index (χ3v) is 3.23. The molecule has 0 saturated carbocycles. The van der Waals surface area contributed by atoms with Crippen molar-refractivity contribution in [3.63, 3.8) is 0 Å². The molecular formula is C16H16F3NO4. The molecule has 24 heavy (non-hydrogen) atoms. The van der Waals surface area contributed by atoms with Crippen molar-refractivity contribution in [3.05, 3.63) is 35.4 Å². The Morgan fingerprint density at radius 1 is 1.25 bits per heavy atom. The molecule has 1 aromatic rings. The van der Waals surface area contributed by atoms with Gasteiger partial charge in [0, 0.05) is 6.42 Å². The van der Waals surface area contributed by atoms with Crippen LogP contribution in [-0.2, 0) is 15.8 Å². The predicted molar refractivity (Wildman–Crippen MR) is 78.7 cm³/mol. The van der Waals surface area contributed by atoms with E-state index in [1.54, 1.807) is 0 Å². The monoisotopic (exact) mass is 343 g/mol. The molecule has 0 aromatic heterocycles. The second kappa shape index (κ2) is 8.36. The lowest BCUT2D eigenvalue weighted by atomic mass is 10.0. The fraction of sp³-hybridized carbons (Fsp3) is 0.375. The van der Waals surface area contributed by atoms with Gasteiger partial charge in [0.2, 0.25) is 0 Å². The molecule has 1 aromatic carbocycles. The van der Waals surface area contributed by atoms with Gasteiger partial charge in [0.1, 0.15) is 6.04 Å². The van der Waals surface area contributed by atoms with Gasteiger partial charge in [-0.3, -0.25) is 4.79 Å². The first-order valence-electron chi connectivity index (χ1n) is 6.98. The van der Waals surface area contributed by atoms with Gasteiger partial charge in [-0.25, -0.2) is 4.79 Å². The van der Waals surface area contributed by atoms with Crippen LogP contribution < -0.4 is 5.32 Å². The van der Waals surface area contributed by atoms with E-state index in [0.717, 1.165) is 24.3 Å². The highest BCUT2D eigenvalue weighted by Crippen LogP contribution is 2.29. The van der Waals surface area contributed by atoms with Gasteiger partial charge in [-0.1, -0.05) is 12.1 Å². The number of nitrogens with one attached hydrogen (secondary N) is 1. The van der Waals surface area contributed by atoms with Crippen LogP contribution in [0.5, 0.6) is 0 Å². The van der Waals surface area contributed by atoms with Crippen molar-refractivity contribution in [1.29, 1.82) is 0 Å². The van der Waals surface area contributed by atoms with Crippen molar-refractivity contribution in [2.75, 3.05) is 0 Å². The van der Waals surface area contributed by atoms with Crippen molar-refractivity contribution < 1.29 is 33.0 Å². The molecule has 0 radical (unpaired) electrons. The number of hydrogen-bond donors (Lipinski definition) is 3. The molecule has 0 spiro atoms. The van der Waals surface area contributed by atoms with E-state index in [2.05, 4.69) is 11.2 Å². The largest absolute Gasteiger partial charge is 0.480 e. The highest BCUT2D eigenvalue weighted by atomic mass is 19.4. The Balaban J connectivity index is 2.75. The third-order valence-electron chi connectivity index (χ3n) is 3.23. The van der Waals surface area contributed by atoms with E-state index in [4.69, 9.17) is 11.5 Å². The second-order valence-electron chi connectivity index (χ2n) is 5.02. The van der Waals surface area contributed by atoms with Crippen LogP contribution in [0.15, 0.2) is 24.3 Å². The van der Waals surface area contributed by atoms with Crippen LogP contribution in [0.2, 0.25) is 0 Å². The standard InChI is InChI=1S/C16H16F3NO4/c1-2-3-4-5-12(15(23)24)20-14(22)13(21)10-6-8-11(9-7-10)16(17,18)19/h1,6-9,12-13,21H,3-5H2,(H,20,22)(H,23,24)/t12-,13-/m1/s1. The van der Waals surface area contributed by atoms with E-state index in [1.807, 2.05) is 0 Å². The molecule has 0 aliphatic rings. The number of carbonyl (C=O) groups excluding carboxylic acids is 1. The maximum atomic E-state index is 12.5. The first kappa shape index (κ1) is 19.5. The molecule has 5 nitrogen and oxygen atoms in total. The molecule has 0 fully saturated rings. The highest BCUT2D eigenvalue weighted by molar-refractivity contribution is 5.86. The maximum Gasteiger partial charge on any atom is 0.416 e. The summed E-state index contributed by atoms with van der Waals surface area (Å²) in [6.07, 6.45) is -0.478. The lowest BCUT2D eigenvalue weighted by molar-refractivity contribution is -0.143. The second-order valence-corrected chi connectivity index (χ2v) is 5.02. The Kier molecular flexibility index (Phi) is 6.80. The van der Waals surface area contributed by atoms with Crippen LogP contribution in [0.3, 0.4) is 0 Å². The minimum absolute atomic E-state index is 0.0744. The summed E-state index contributed by atoms with van der Waals surface area (Å²) in [7, 11) is 0. The number of aliphatic hydroxyl groups is 1. The number of terminal acetylenes is 1. The fourth-order valence-electron chi connectivity index (χ4n) is 1.92. The third kappa shape index (κ3) is 5.59. The van der Waals surface area contributed by atoms with Crippen molar-refractivity contribution in [3.8, 4) is 12.3 Å². The fourth-order valence-corrected chi connectivity index (χ4v) is 1.92. The van der Waals surface area contributed by atoms with Crippen LogP contribution in [0.1, 0.15) is 36.5 Å². The lowest BCUT2D eigenvalue weighted by Gasteiger charge is -2.17. The molecule has 0 saturated heterocycles. The van der Waals surface area contributed by atoms with Crippen LogP contribution in [0.25, 0.3) is 0 Å². The number of rotatable bonds is 7. The number of aliphatic carboxylic acids is 1. The maximum absolute atomic E-state index is 12.5. The van der Waals surface area contributed by atoms with E-state index in [-0.39, 0.29) is 12.0 Å². The summed E-state index contributed by atoms with van der Waals surface area (Å²) in [5.74, 6) is 0.0315. The first-order chi connectivity index (χ1) is 11.2. The summed E-state index contributed by atoms with van der Waals surface area (Å²) in [5, 5.41) is 21.0. The zero-order valence-corrected chi connectivity index (χ0v) is 12.5. The Bertz CT molecular complexity index is 620. The van der Waals surface area contributed by atoms with Gasteiger partial charge in [-0.15, -0.1) is 12.3 Å². The Morgan fingerprint density at radius 3 is 2.29 bits per heavy atom. The van der Waals surface area contributed by atoms with E-state index in [0.29, 0.717) is 12.8 Å². The first-order valence-corrected chi connectivity index (χ1v) is 6.98. The van der Waals surface area contributed by atoms with E-state index in [1.165, 1.54) is 0 Å². The predicted octanol–water partition coefficient (Wildman–Crippen LogP) is 2.11. The summed E-state index contributed by atoms with van der Waals surface area (Å²) in [6, 6.07) is 2.14. The minimum Gasteiger partial charge on any atom is -0.480 e. The minimum atomic E-state index is -4.53. The number of benzene rings is 1. The average molecular weight is 343 g/mol. The van der Waals surface area contributed by atoms with Crippen LogP contribution >= 0.6 is 0 Å². The number of hydrogen-bond acceptors (Lipinski definition) is 3. The van der Waals surface area contributed by atoms with E-state index < -0.39 is 35.8 Å². The molecule has 3 N–H and O–H groups in total. The molecule has 0 aliphatic heterocycles. The SMILES string of the molecule is C#CCCC[C@@H](NC(=O)[C@H](O)c1ccc(C(F)(F)F)cc1)C(=O)O. The smallest absolute Gasteiger partial charge is 0.416 e. The van der Waals surface area contributed by atoms with Gasteiger partial charge in [-0.05, 0) is 30.5 Å². The Morgan fingerprint density at radius 2 is 1.83 bits per heavy atom. The van der Waals surface area contributed by atoms with Gasteiger partial charge < -0.3 is 15.5 Å². The van der Waals surface area contributed by atoms with Crippen LogP contribution in [-0.4, -0.2) is 28.1 Å². The van der Waals surface area contributed by atoms with Crippen molar-refractivity contribution in [1.82, 2.24) is 5.32 Å². The van der Waals surface area contributed by atoms with E-state index in [9.17, 15) is 27.9 Å². The van der Waals surface area contributed by atoms with Gasteiger partial charge in [0.25, 0.3) is 5.91 Å². The quantitative estimate of drug-likeness (QED) is 0.523. The molecule has 0 heterocycles. The topological polar surface area (TPSA) is 86.6 Å². The molecule has 0 aliphatic carbocycles. The molecule has 1 amide bonds. The number of aliphatic hydroxyl groups excluding tert-OH is 1. The molecule has 2 atom stereocenters. The Labute approximate surface area is 136 Å². The molecule has 130 valence electrons. The molecule has 8 heteroatoms. The summed E-state index contributed by atoms with van der Waals surface area (Å²) >= 11 is 0. The summed E-state index contributed by atoms with van der Waals surface area (Å²) in [4.78, 5) is 23.0. The number of carbonyl (C=O) groups is 2. The van der Waals surface area contributed by atoms with Gasteiger partial charge in [0.05, 0.1) is 5.56 Å². The lowest BCUT2D eigenvalue weighted by Crippen LogP contribution is -2.43. The van der Waals surface area contributed by atoms with Crippen molar-refractivity contribution >= 4 is 11.9 Å². The zero-order chi connectivity index (χ0) is 18.3. The number of carboxylic acids is 1. The summed E-state index contributed by atoms with van der Waals surface area (Å²) in [6.45, 7) is 0. The summed E-state index contributed by atoms with van der Waals surface area (Å²) in [5.41, 5.74) is -0.996. The average Bonchev–Trinajstić information content (AvgIpc) is 2.52. The number of carboxylic acid groups (broad SMARTS) is 1. The van der Waals surface area contributed by atoms with Crippen LogP contribution in [0.4, 0.5) is 13.2 Å². The van der Waals surface area contributed by atoms with Gasteiger partial charge in [0.15, 0.2) is 6.10 Å². The van der Waals surface area contributed by atoms with Crippen molar-refractivity contribution in [2.24, 2.45) is 0 Å².